The fraction of sp³-hybridized carbons (Fsp3) is 0.812. The Balaban J connectivity index is 1.64. The molecule has 2 atom stereocenters. The molecule has 0 bridgehead atoms. The number of rotatable bonds is 5. The van der Waals surface area contributed by atoms with Gasteiger partial charge in [0.25, 0.3) is 0 Å². The number of aryl methyl sites for hydroxylation is 1. The Kier molecular flexibility index (Phi) is 4.68. The number of likely N-dealkylation sites (tertiary alicyclic amines) is 1. The van der Waals surface area contributed by atoms with Crippen LogP contribution >= 0.6 is 0 Å². The molecule has 2 aliphatic rings. The molecule has 1 saturated heterocycles. The van der Waals surface area contributed by atoms with Gasteiger partial charge in [0.1, 0.15) is 5.78 Å². The highest BCUT2D eigenvalue weighted by Crippen LogP contribution is 2.32. The van der Waals surface area contributed by atoms with Crippen molar-refractivity contribution in [2.24, 2.45) is 5.92 Å². The normalized spacial score (nSPS) is 27.4. The predicted molar refractivity (Wildman–Crippen MR) is 78.7 cm³/mol. The minimum atomic E-state index is 0.239. The van der Waals surface area contributed by atoms with Crippen molar-refractivity contribution < 1.29 is 9.32 Å². The zero-order valence-corrected chi connectivity index (χ0v) is 12.9. The van der Waals surface area contributed by atoms with Crippen LogP contribution < -0.4 is 0 Å². The summed E-state index contributed by atoms with van der Waals surface area (Å²) in [5, 5.41) is 4.08. The highest BCUT2D eigenvalue weighted by Gasteiger charge is 2.37. The van der Waals surface area contributed by atoms with Gasteiger partial charge >= 0.3 is 0 Å². The number of Topliss-reactive ketones (excluding diaryl/α,β-unsaturated/α-hetero) is 1. The highest BCUT2D eigenvalue weighted by atomic mass is 16.5. The summed E-state index contributed by atoms with van der Waals surface area (Å²) in [6.07, 6.45) is 8.29. The zero-order valence-electron chi connectivity index (χ0n) is 12.9. The Hall–Kier alpha value is -1.23. The topological polar surface area (TPSA) is 59.2 Å². The van der Waals surface area contributed by atoms with Gasteiger partial charge in [-0.15, -0.1) is 0 Å². The Morgan fingerprint density at radius 1 is 1.29 bits per heavy atom. The van der Waals surface area contributed by atoms with Gasteiger partial charge in [-0.1, -0.05) is 18.5 Å². The van der Waals surface area contributed by atoms with E-state index >= 15 is 0 Å². The fourth-order valence-electron chi connectivity index (χ4n) is 3.77. The molecule has 0 amide bonds. The molecular formula is C16H25N3O2. The van der Waals surface area contributed by atoms with E-state index < -0.39 is 0 Å². The van der Waals surface area contributed by atoms with Crippen LogP contribution in [0.3, 0.4) is 0 Å². The SMILES string of the molecule is CCCc1nc(CN2CCCC2C2CCCCC2=O)no1. The third-order valence-corrected chi connectivity index (χ3v) is 4.80. The smallest absolute Gasteiger partial charge is 0.226 e. The van der Waals surface area contributed by atoms with Crippen molar-refractivity contribution in [2.75, 3.05) is 6.54 Å². The second-order valence-electron chi connectivity index (χ2n) is 6.35. The second kappa shape index (κ2) is 6.69. The quantitative estimate of drug-likeness (QED) is 0.835. The van der Waals surface area contributed by atoms with E-state index in [1.54, 1.807) is 0 Å². The first-order valence-electron chi connectivity index (χ1n) is 8.36. The van der Waals surface area contributed by atoms with Crippen LogP contribution in [0.25, 0.3) is 0 Å². The van der Waals surface area contributed by atoms with E-state index in [1.807, 2.05) is 0 Å². The van der Waals surface area contributed by atoms with Gasteiger partial charge in [0, 0.05) is 24.8 Å². The number of hydrogen-bond acceptors (Lipinski definition) is 5. The molecule has 0 aromatic carbocycles. The molecule has 1 aromatic rings. The minimum absolute atomic E-state index is 0.239. The lowest BCUT2D eigenvalue weighted by Crippen LogP contribution is -2.40. The third-order valence-electron chi connectivity index (χ3n) is 4.80. The van der Waals surface area contributed by atoms with Crippen LogP contribution in [0.1, 0.15) is 63.6 Å². The minimum Gasteiger partial charge on any atom is -0.339 e. The molecule has 0 spiro atoms. The molecule has 1 saturated carbocycles. The summed E-state index contributed by atoms with van der Waals surface area (Å²) >= 11 is 0. The van der Waals surface area contributed by atoms with Crippen LogP contribution in [0.2, 0.25) is 0 Å². The molecule has 0 N–H and O–H groups in total. The van der Waals surface area contributed by atoms with E-state index in [4.69, 9.17) is 4.52 Å². The van der Waals surface area contributed by atoms with Crippen molar-refractivity contribution in [3.05, 3.63) is 11.7 Å². The molecule has 1 aromatic heterocycles. The van der Waals surface area contributed by atoms with Crippen LogP contribution in [0.4, 0.5) is 0 Å². The molecule has 21 heavy (non-hydrogen) atoms. The molecule has 116 valence electrons. The highest BCUT2D eigenvalue weighted by molar-refractivity contribution is 5.82. The van der Waals surface area contributed by atoms with E-state index in [9.17, 15) is 4.79 Å². The summed E-state index contributed by atoms with van der Waals surface area (Å²) in [5.74, 6) is 2.21. The van der Waals surface area contributed by atoms with Crippen LogP contribution in [0, 0.1) is 5.92 Å². The van der Waals surface area contributed by atoms with Gasteiger partial charge in [-0.2, -0.15) is 4.98 Å². The molecule has 3 rings (SSSR count). The maximum absolute atomic E-state index is 12.2. The number of nitrogens with zero attached hydrogens (tertiary/aromatic N) is 3. The first kappa shape index (κ1) is 14.7. The van der Waals surface area contributed by atoms with E-state index in [2.05, 4.69) is 22.0 Å². The monoisotopic (exact) mass is 291 g/mol. The van der Waals surface area contributed by atoms with E-state index in [1.165, 1.54) is 12.8 Å². The Labute approximate surface area is 126 Å². The lowest BCUT2D eigenvalue weighted by Gasteiger charge is -2.32. The average Bonchev–Trinajstić information content (AvgIpc) is 3.10. The van der Waals surface area contributed by atoms with Crippen molar-refractivity contribution in [1.29, 1.82) is 0 Å². The van der Waals surface area contributed by atoms with E-state index in [-0.39, 0.29) is 5.92 Å². The summed E-state index contributed by atoms with van der Waals surface area (Å²) in [7, 11) is 0. The van der Waals surface area contributed by atoms with Gasteiger partial charge in [-0.25, -0.2) is 0 Å². The Bertz CT molecular complexity index is 486. The van der Waals surface area contributed by atoms with Gasteiger partial charge in [-0.05, 0) is 38.6 Å². The number of carbonyl (C=O) groups is 1. The third kappa shape index (κ3) is 3.34. The largest absolute Gasteiger partial charge is 0.339 e. The molecule has 0 radical (unpaired) electrons. The summed E-state index contributed by atoms with van der Waals surface area (Å²) in [6.45, 7) is 3.88. The van der Waals surface area contributed by atoms with Crippen LogP contribution in [-0.4, -0.2) is 33.4 Å². The molecule has 2 fully saturated rings. The molecule has 1 aliphatic heterocycles. The molecule has 2 unspecified atom stereocenters. The Morgan fingerprint density at radius 2 is 2.19 bits per heavy atom. The van der Waals surface area contributed by atoms with Gasteiger partial charge in [0.15, 0.2) is 5.82 Å². The summed E-state index contributed by atoms with van der Waals surface area (Å²) in [4.78, 5) is 19.0. The maximum Gasteiger partial charge on any atom is 0.226 e. The van der Waals surface area contributed by atoms with Crippen molar-refractivity contribution in [3.63, 3.8) is 0 Å². The van der Waals surface area contributed by atoms with Crippen LogP contribution in [0.15, 0.2) is 4.52 Å². The first-order chi connectivity index (χ1) is 10.3. The van der Waals surface area contributed by atoms with Crippen molar-refractivity contribution in [2.45, 2.75) is 70.9 Å². The van der Waals surface area contributed by atoms with Crippen LogP contribution in [-0.2, 0) is 17.8 Å². The first-order valence-corrected chi connectivity index (χ1v) is 8.36. The number of carbonyl (C=O) groups excluding carboxylic acids is 1. The second-order valence-corrected chi connectivity index (χ2v) is 6.35. The van der Waals surface area contributed by atoms with Gasteiger partial charge in [0.2, 0.25) is 5.89 Å². The molecule has 5 nitrogen and oxygen atoms in total. The summed E-state index contributed by atoms with van der Waals surface area (Å²) in [5.41, 5.74) is 0. The van der Waals surface area contributed by atoms with E-state index in [0.717, 1.165) is 63.3 Å². The molecule has 1 aliphatic carbocycles. The summed E-state index contributed by atoms with van der Waals surface area (Å²) in [6, 6.07) is 0.394. The van der Waals surface area contributed by atoms with E-state index in [0.29, 0.717) is 11.8 Å². The fourth-order valence-corrected chi connectivity index (χ4v) is 3.77. The predicted octanol–water partition coefficient (Wildman–Crippen LogP) is 2.75. The zero-order chi connectivity index (χ0) is 14.7. The number of hydrogen-bond donors (Lipinski definition) is 0. The van der Waals surface area contributed by atoms with Crippen molar-refractivity contribution >= 4 is 5.78 Å². The lowest BCUT2D eigenvalue weighted by molar-refractivity contribution is -0.126. The molecule has 5 heteroatoms. The van der Waals surface area contributed by atoms with Gasteiger partial charge in [-0.3, -0.25) is 9.69 Å². The van der Waals surface area contributed by atoms with Crippen LogP contribution in [0.5, 0.6) is 0 Å². The molecule has 2 heterocycles. The average molecular weight is 291 g/mol. The number of ketones is 1. The van der Waals surface area contributed by atoms with Gasteiger partial charge < -0.3 is 4.52 Å². The number of aromatic nitrogens is 2. The maximum atomic E-state index is 12.2. The van der Waals surface area contributed by atoms with Gasteiger partial charge in [0.05, 0.1) is 6.54 Å². The van der Waals surface area contributed by atoms with Crippen molar-refractivity contribution in [3.8, 4) is 0 Å². The standard InChI is InChI=1S/C16H25N3O2/c1-2-6-16-17-15(18-21-16)11-19-10-5-8-13(19)12-7-3-4-9-14(12)20/h12-13H,2-11H2,1H3. The lowest BCUT2D eigenvalue weighted by atomic mass is 9.82. The summed E-state index contributed by atoms with van der Waals surface area (Å²) < 4.78 is 5.26. The molecular weight excluding hydrogens is 266 g/mol. The Morgan fingerprint density at radius 3 is 3.00 bits per heavy atom. The van der Waals surface area contributed by atoms with Crippen molar-refractivity contribution in [1.82, 2.24) is 15.0 Å².